The van der Waals surface area contributed by atoms with Gasteiger partial charge < -0.3 is 19.9 Å². The second-order valence-electron chi connectivity index (χ2n) is 11.7. The van der Waals surface area contributed by atoms with Gasteiger partial charge in [-0.2, -0.15) is 0 Å². The third kappa shape index (κ3) is 6.62. The molecule has 0 spiro atoms. The van der Waals surface area contributed by atoms with Crippen LogP contribution in [0.4, 0.5) is 4.39 Å². The lowest BCUT2D eigenvalue weighted by Gasteiger charge is -2.42. The number of halogens is 1. The van der Waals surface area contributed by atoms with Gasteiger partial charge >= 0.3 is 0 Å². The zero-order valence-electron chi connectivity index (χ0n) is 24.2. The van der Waals surface area contributed by atoms with Gasteiger partial charge in [-0.3, -0.25) is 9.59 Å². The van der Waals surface area contributed by atoms with Gasteiger partial charge in [0, 0.05) is 31.7 Å². The molecule has 6 nitrogen and oxygen atoms in total. The van der Waals surface area contributed by atoms with E-state index in [1.54, 1.807) is 30.2 Å². The summed E-state index contributed by atoms with van der Waals surface area (Å²) < 4.78 is 19.0. The van der Waals surface area contributed by atoms with Crippen LogP contribution in [0.2, 0.25) is 0 Å². The Kier molecular flexibility index (Phi) is 9.03. The Hall–Kier alpha value is -3.71. The van der Waals surface area contributed by atoms with E-state index in [1.165, 1.54) is 18.6 Å². The van der Waals surface area contributed by atoms with Crippen LogP contribution >= 0.6 is 0 Å². The zero-order chi connectivity index (χ0) is 28.9. The van der Waals surface area contributed by atoms with E-state index in [1.807, 2.05) is 42.5 Å². The molecule has 5 rings (SSSR count). The van der Waals surface area contributed by atoms with Crippen LogP contribution in [0.1, 0.15) is 65.7 Å². The van der Waals surface area contributed by atoms with Crippen LogP contribution in [0.25, 0.3) is 0 Å². The highest BCUT2D eigenvalue weighted by atomic mass is 19.1. The van der Waals surface area contributed by atoms with E-state index in [4.69, 9.17) is 4.74 Å². The van der Waals surface area contributed by atoms with Crippen molar-refractivity contribution in [2.24, 2.45) is 11.8 Å². The summed E-state index contributed by atoms with van der Waals surface area (Å²) in [7, 11) is 1.61. The van der Waals surface area contributed by atoms with Crippen molar-refractivity contribution in [1.82, 2.24) is 15.1 Å². The largest absolute Gasteiger partial charge is 0.497 e. The standard InChI is InChI=1S/C34H40FN3O3/c1-23-19-24(2)21-37(20-23)18-6-17-36-33(39)31-29-7-4-5-8-30(29)34(40)38(22-25-9-13-27(35)14-10-25)32(31)26-11-15-28(41-3)16-12-26/h4-5,7-16,23-24,31-32H,6,17-22H2,1-3H3,(H,36,39)/t23-,24-,31+,32+/m0/s1. The summed E-state index contributed by atoms with van der Waals surface area (Å²) in [6.07, 6.45) is 2.14. The molecule has 0 bridgehead atoms. The predicted molar refractivity (Wildman–Crippen MR) is 158 cm³/mol. The van der Waals surface area contributed by atoms with Gasteiger partial charge in [0.25, 0.3) is 5.91 Å². The monoisotopic (exact) mass is 557 g/mol. The molecule has 1 fully saturated rings. The summed E-state index contributed by atoms with van der Waals surface area (Å²) >= 11 is 0. The molecule has 0 aliphatic carbocycles. The summed E-state index contributed by atoms with van der Waals surface area (Å²) in [5, 5.41) is 3.21. The molecular weight excluding hydrogens is 517 g/mol. The normalized spacial score (nSPS) is 22.7. The molecule has 1 N–H and O–H groups in total. The van der Waals surface area contributed by atoms with Gasteiger partial charge in [0.2, 0.25) is 5.91 Å². The van der Waals surface area contributed by atoms with Gasteiger partial charge in [-0.05, 0) is 78.2 Å². The molecule has 3 aromatic carbocycles. The van der Waals surface area contributed by atoms with Crippen molar-refractivity contribution in [2.45, 2.75) is 45.2 Å². The van der Waals surface area contributed by atoms with Gasteiger partial charge in [0.05, 0.1) is 19.1 Å². The first-order chi connectivity index (χ1) is 19.8. The van der Waals surface area contributed by atoms with Crippen molar-refractivity contribution in [3.05, 3.63) is 101 Å². The van der Waals surface area contributed by atoms with Crippen LogP contribution in [-0.2, 0) is 11.3 Å². The summed E-state index contributed by atoms with van der Waals surface area (Å²) in [6, 6.07) is 20.6. The number of methoxy groups -OCH3 is 1. The minimum absolute atomic E-state index is 0.102. The average Bonchev–Trinajstić information content (AvgIpc) is 2.97. The number of rotatable bonds is 9. The van der Waals surface area contributed by atoms with Crippen molar-refractivity contribution in [2.75, 3.05) is 33.3 Å². The van der Waals surface area contributed by atoms with E-state index in [2.05, 4.69) is 24.1 Å². The first-order valence-corrected chi connectivity index (χ1v) is 14.6. The highest BCUT2D eigenvalue weighted by Crippen LogP contribution is 2.44. The fourth-order valence-corrected chi connectivity index (χ4v) is 6.61. The number of hydrogen-bond acceptors (Lipinski definition) is 4. The van der Waals surface area contributed by atoms with Crippen LogP contribution in [0, 0.1) is 17.7 Å². The lowest BCUT2D eigenvalue weighted by Crippen LogP contribution is -2.47. The number of likely N-dealkylation sites (tertiary alicyclic amines) is 1. The lowest BCUT2D eigenvalue weighted by atomic mass is 9.79. The van der Waals surface area contributed by atoms with Gasteiger partial charge in [-0.1, -0.05) is 56.3 Å². The summed E-state index contributed by atoms with van der Waals surface area (Å²) in [5.74, 6) is 0.903. The molecule has 216 valence electrons. The molecule has 2 aliphatic heterocycles. The summed E-state index contributed by atoms with van der Waals surface area (Å²) in [5.41, 5.74) is 2.88. The fraction of sp³-hybridized carbons (Fsp3) is 0.412. The minimum atomic E-state index is -0.604. The number of nitrogens with one attached hydrogen (secondary N) is 1. The molecule has 3 aromatic rings. The minimum Gasteiger partial charge on any atom is -0.497 e. The number of amides is 2. The van der Waals surface area contributed by atoms with E-state index in [0.29, 0.717) is 29.7 Å². The number of nitrogens with zero attached hydrogens (tertiary/aromatic N) is 2. The highest BCUT2D eigenvalue weighted by molar-refractivity contribution is 6.01. The molecule has 2 heterocycles. The zero-order valence-corrected chi connectivity index (χ0v) is 24.2. The molecule has 41 heavy (non-hydrogen) atoms. The van der Waals surface area contributed by atoms with Crippen LogP contribution in [0.15, 0.2) is 72.8 Å². The average molecular weight is 558 g/mol. The number of benzene rings is 3. The second kappa shape index (κ2) is 12.9. The first kappa shape index (κ1) is 28.8. The molecule has 0 saturated carbocycles. The van der Waals surface area contributed by atoms with Gasteiger partial charge in [0.15, 0.2) is 0 Å². The lowest BCUT2D eigenvalue weighted by molar-refractivity contribution is -0.124. The number of hydrogen-bond donors (Lipinski definition) is 1. The third-order valence-electron chi connectivity index (χ3n) is 8.34. The van der Waals surface area contributed by atoms with Crippen molar-refractivity contribution in [3.8, 4) is 5.75 Å². The Labute approximate surface area is 242 Å². The molecule has 0 radical (unpaired) electrons. The van der Waals surface area contributed by atoms with Crippen LogP contribution in [-0.4, -0.2) is 54.9 Å². The number of carbonyl (C=O) groups is 2. The molecule has 1 saturated heterocycles. The SMILES string of the molecule is COc1ccc([C@@H]2[C@H](C(=O)NCCCN3C[C@@H](C)C[C@H](C)C3)c3ccccc3C(=O)N2Cc2ccc(F)cc2)cc1. The van der Waals surface area contributed by atoms with E-state index in [-0.39, 0.29) is 24.2 Å². The number of carbonyl (C=O) groups excluding carboxylic acids is 2. The van der Waals surface area contributed by atoms with E-state index in [0.717, 1.165) is 42.7 Å². The first-order valence-electron chi connectivity index (χ1n) is 14.6. The Morgan fingerprint density at radius 3 is 2.34 bits per heavy atom. The van der Waals surface area contributed by atoms with Gasteiger partial charge in [-0.15, -0.1) is 0 Å². The van der Waals surface area contributed by atoms with Crippen molar-refractivity contribution >= 4 is 11.8 Å². The maximum atomic E-state index is 14.0. The quantitative estimate of drug-likeness (QED) is 0.338. The number of piperidine rings is 1. The Morgan fingerprint density at radius 1 is 0.976 bits per heavy atom. The summed E-state index contributed by atoms with van der Waals surface area (Å²) in [4.78, 5) is 32.2. The molecule has 7 heteroatoms. The van der Waals surface area contributed by atoms with Gasteiger partial charge in [0.1, 0.15) is 11.6 Å². The predicted octanol–water partition coefficient (Wildman–Crippen LogP) is 5.80. The van der Waals surface area contributed by atoms with E-state index in [9.17, 15) is 14.0 Å². The van der Waals surface area contributed by atoms with Crippen molar-refractivity contribution in [1.29, 1.82) is 0 Å². The Morgan fingerprint density at radius 2 is 1.66 bits per heavy atom. The molecule has 0 aromatic heterocycles. The maximum absolute atomic E-state index is 14.0. The second-order valence-corrected chi connectivity index (χ2v) is 11.7. The smallest absolute Gasteiger partial charge is 0.255 e. The molecule has 2 amide bonds. The Bertz CT molecular complexity index is 1330. The molecule has 0 unspecified atom stereocenters. The topological polar surface area (TPSA) is 61.9 Å². The van der Waals surface area contributed by atoms with Gasteiger partial charge in [-0.25, -0.2) is 4.39 Å². The third-order valence-corrected chi connectivity index (χ3v) is 8.34. The van der Waals surface area contributed by atoms with Crippen molar-refractivity contribution < 1.29 is 18.7 Å². The molecular formula is C34H40FN3O3. The molecule has 4 atom stereocenters. The maximum Gasteiger partial charge on any atom is 0.255 e. The number of fused-ring (bicyclic) bond motifs is 1. The van der Waals surface area contributed by atoms with Crippen LogP contribution < -0.4 is 10.1 Å². The number of ether oxygens (including phenoxy) is 1. The van der Waals surface area contributed by atoms with E-state index >= 15 is 0 Å². The Balaban J connectivity index is 1.42. The van der Waals surface area contributed by atoms with Crippen LogP contribution in [0.5, 0.6) is 5.75 Å². The van der Waals surface area contributed by atoms with Crippen molar-refractivity contribution in [3.63, 3.8) is 0 Å². The summed E-state index contributed by atoms with van der Waals surface area (Å²) in [6.45, 7) is 8.60. The van der Waals surface area contributed by atoms with E-state index < -0.39 is 12.0 Å². The fourth-order valence-electron chi connectivity index (χ4n) is 6.61. The molecule has 2 aliphatic rings. The van der Waals surface area contributed by atoms with Crippen LogP contribution in [0.3, 0.4) is 0 Å². The highest BCUT2D eigenvalue weighted by Gasteiger charge is 2.44.